The Labute approximate surface area is 176 Å². The van der Waals surface area contributed by atoms with Crippen LogP contribution in [-0.4, -0.2) is 17.5 Å². The van der Waals surface area contributed by atoms with Crippen molar-refractivity contribution in [1.29, 1.82) is 0 Å². The highest BCUT2D eigenvalue weighted by Gasteiger charge is 2.50. The fraction of sp³-hybridized carbons (Fsp3) is 0.192. The Morgan fingerprint density at radius 1 is 1.00 bits per heavy atom. The summed E-state index contributed by atoms with van der Waals surface area (Å²) >= 11 is 0. The van der Waals surface area contributed by atoms with Gasteiger partial charge >= 0.3 is 0 Å². The number of benzene rings is 3. The lowest BCUT2D eigenvalue weighted by Gasteiger charge is -2.47. The molecular formula is C26H24N2O2. The molecule has 1 N–H and O–H groups in total. The summed E-state index contributed by atoms with van der Waals surface area (Å²) in [6.45, 7) is 4.68. The predicted molar refractivity (Wildman–Crippen MR) is 120 cm³/mol. The first kappa shape index (κ1) is 18.5. The number of nitrogens with zero attached hydrogens (tertiary/aromatic N) is 1. The molecule has 4 nitrogen and oxygen atoms in total. The topological polar surface area (TPSA) is 45.3 Å². The standard InChI is InChI=1S/C26H24N2O2/c1-3-30-20-13-11-19(12-14-20)28-25(18-8-6-7-17(2)15-18)24(26(28)29)22-16-27-23-10-5-4-9-21(22)23/h4-16,24-25,27H,3H2,1-2H3. The van der Waals surface area contributed by atoms with E-state index in [0.717, 1.165) is 33.5 Å². The van der Waals surface area contributed by atoms with E-state index in [1.165, 1.54) is 5.56 Å². The molecule has 0 spiro atoms. The predicted octanol–water partition coefficient (Wildman–Crippen LogP) is 5.75. The first-order chi connectivity index (χ1) is 14.7. The van der Waals surface area contributed by atoms with Crippen LogP contribution in [0.1, 0.15) is 35.6 Å². The van der Waals surface area contributed by atoms with Crippen LogP contribution in [-0.2, 0) is 4.79 Å². The van der Waals surface area contributed by atoms with Gasteiger partial charge in [0.1, 0.15) is 5.75 Å². The third-order valence-corrected chi connectivity index (χ3v) is 5.86. The van der Waals surface area contributed by atoms with Crippen molar-refractivity contribution in [2.45, 2.75) is 25.8 Å². The minimum Gasteiger partial charge on any atom is -0.494 e. The molecule has 0 bridgehead atoms. The molecule has 2 atom stereocenters. The zero-order valence-corrected chi connectivity index (χ0v) is 17.1. The largest absolute Gasteiger partial charge is 0.494 e. The van der Waals surface area contributed by atoms with Crippen molar-refractivity contribution in [1.82, 2.24) is 4.98 Å². The van der Waals surface area contributed by atoms with Gasteiger partial charge in [-0.1, -0.05) is 48.0 Å². The van der Waals surface area contributed by atoms with Crippen molar-refractivity contribution >= 4 is 22.5 Å². The van der Waals surface area contributed by atoms with Crippen LogP contribution in [0.25, 0.3) is 10.9 Å². The monoisotopic (exact) mass is 396 g/mol. The van der Waals surface area contributed by atoms with Crippen molar-refractivity contribution in [3.8, 4) is 5.75 Å². The van der Waals surface area contributed by atoms with Crippen molar-refractivity contribution in [3.63, 3.8) is 0 Å². The van der Waals surface area contributed by atoms with Gasteiger partial charge in [-0.25, -0.2) is 0 Å². The number of carbonyl (C=O) groups excluding carboxylic acids is 1. The fourth-order valence-corrected chi connectivity index (χ4v) is 4.50. The second-order valence-corrected chi connectivity index (χ2v) is 7.76. The number of hydrogen-bond donors (Lipinski definition) is 1. The quantitative estimate of drug-likeness (QED) is 0.437. The van der Waals surface area contributed by atoms with Gasteiger partial charge in [0.05, 0.1) is 18.6 Å². The van der Waals surface area contributed by atoms with Gasteiger partial charge in [-0.3, -0.25) is 4.79 Å². The van der Waals surface area contributed by atoms with E-state index in [2.05, 4.69) is 42.2 Å². The average molecular weight is 396 g/mol. The van der Waals surface area contributed by atoms with Gasteiger partial charge in [0.2, 0.25) is 5.91 Å². The molecule has 1 fully saturated rings. The second kappa shape index (κ2) is 7.38. The van der Waals surface area contributed by atoms with Crippen LogP contribution in [0.4, 0.5) is 5.69 Å². The molecule has 3 aromatic carbocycles. The van der Waals surface area contributed by atoms with Crippen molar-refractivity contribution in [2.75, 3.05) is 11.5 Å². The van der Waals surface area contributed by atoms with Gasteiger partial charge in [0.15, 0.2) is 0 Å². The number of β-lactam (4-membered cyclic amide) rings is 1. The minimum atomic E-state index is -0.213. The maximum atomic E-state index is 13.5. The molecule has 30 heavy (non-hydrogen) atoms. The summed E-state index contributed by atoms with van der Waals surface area (Å²) in [5.74, 6) is 0.722. The van der Waals surface area contributed by atoms with E-state index in [9.17, 15) is 4.79 Å². The Hall–Kier alpha value is -3.53. The molecule has 150 valence electrons. The molecule has 0 aliphatic carbocycles. The molecule has 1 aromatic heterocycles. The Morgan fingerprint density at radius 2 is 1.80 bits per heavy atom. The molecule has 2 unspecified atom stereocenters. The van der Waals surface area contributed by atoms with Gasteiger partial charge in [-0.2, -0.15) is 0 Å². The van der Waals surface area contributed by atoms with Crippen molar-refractivity contribution < 1.29 is 9.53 Å². The van der Waals surface area contributed by atoms with E-state index >= 15 is 0 Å². The normalized spacial score (nSPS) is 18.5. The summed E-state index contributed by atoms with van der Waals surface area (Å²) in [7, 11) is 0. The molecule has 1 saturated heterocycles. The average Bonchev–Trinajstić information content (AvgIpc) is 3.17. The minimum absolute atomic E-state index is 0.0467. The molecule has 4 heteroatoms. The van der Waals surface area contributed by atoms with Crippen LogP contribution in [0, 0.1) is 6.92 Å². The lowest BCUT2D eigenvalue weighted by Crippen LogP contribution is -2.53. The van der Waals surface area contributed by atoms with E-state index in [-0.39, 0.29) is 17.9 Å². The number of rotatable bonds is 5. The first-order valence-corrected chi connectivity index (χ1v) is 10.4. The fourth-order valence-electron chi connectivity index (χ4n) is 4.50. The van der Waals surface area contributed by atoms with Gasteiger partial charge in [-0.05, 0) is 55.3 Å². The molecule has 0 radical (unpaired) electrons. The molecule has 1 aliphatic heterocycles. The third kappa shape index (κ3) is 2.96. The van der Waals surface area contributed by atoms with Crippen molar-refractivity contribution in [3.05, 3.63) is 95.7 Å². The van der Waals surface area contributed by atoms with Crippen LogP contribution in [0.3, 0.4) is 0 Å². The maximum Gasteiger partial charge on any atom is 0.237 e. The number of amides is 1. The van der Waals surface area contributed by atoms with Crippen LogP contribution in [0.2, 0.25) is 0 Å². The van der Waals surface area contributed by atoms with Gasteiger partial charge < -0.3 is 14.6 Å². The van der Waals surface area contributed by atoms with Gasteiger partial charge in [-0.15, -0.1) is 0 Å². The molecule has 1 aliphatic rings. The lowest BCUT2D eigenvalue weighted by molar-refractivity contribution is -0.126. The number of aromatic nitrogens is 1. The summed E-state index contributed by atoms with van der Waals surface area (Å²) < 4.78 is 5.57. The van der Waals surface area contributed by atoms with E-state index in [1.807, 2.05) is 60.5 Å². The van der Waals surface area contributed by atoms with Gasteiger partial charge in [0.25, 0.3) is 0 Å². The number of carbonyl (C=O) groups is 1. The second-order valence-electron chi connectivity index (χ2n) is 7.76. The van der Waals surface area contributed by atoms with Crippen molar-refractivity contribution in [2.24, 2.45) is 0 Å². The number of anilines is 1. The highest BCUT2D eigenvalue weighted by molar-refractivity contribution is 6.08. The molecule has 5 rings (SSSR count). The van der Waals surface area contributed by atoms with E-state index in [1.54, 1.807) is 0 Å². The SMILES string of the molecule is CCOc1ccc(N2C(=O)C(c3c[nH]c4ccccc34)C2c2cccc(C)c2)cc1. The summed E-state index contributed by atoms with van der Waals surface area (Å²) in [6.07, 6.45) is 1.99. The van der Waals surface area contributed by atoms with Crippen LogP contribution in [0.5, 0.6) is 5.75 Å². The highest BCUT2D eigenvalue weighted by Crippen LogP contribution is 2.50. The number of para-hydroxylation sites is 1. The Bertz CT molecular complexity index is 1210. The molecule has 4 aromatic rings. The summed E-state index contributed by atoms with van der Waals surface area (Å²) in [5.41, 5.74) is 5.35. The zero-order chi connectivity index (χ0) is 20.7. The number of ether oxygens (including phenoxy) is 1. The smallest absolute Gasteiger partial charge is 0.237 e. The highest BCUT2D eigenvalue weighted by atomic mass is 16.5. The van der Waals surface area contributed by atoms with E-state index in [0.29, 0.717) is 6.61 Å². The lowest BCUT2D eigenvalue weighted by atomic mass is 9.77. The van der Waals surface area contributed by atoms with E-state index in [4.69, 9.17) is 4.74 Å². The first-order valence-electron chi connectivity index (χ1n) is 10.4. The summed E-state index contributed by atoms with van der Waals surface area (Å²) in [6, 6.07) is 24.4. The number of aromatic amines is 1. The summed E-state index contributed by atoms with van der Waals surface area (Å²) in [4.78, 5) is 18.7. The molecule has 0 saturated carbocycles. The zero-order valence-electron chi connectivity index (χ0n) is 17.1. The van der Waals surface area contributed by atoms with Crippen LogP contribution < -0.4 is 9.64 Å². The number of hydrogen-bond acceptors (Lipinski definition) is 2. The molecule has 1 amide bonds. The van der Waals surface area contributed by atoms with Crippen LogP contribution >= 0.6 is 0 Å². The summed E-state index contributed by atoms with van der Waals surface area (Å²) in [5, 5.41) is 1.11. The third-order valence-electron chi connectivity index (χ3n) is 5.86. The number of H-pyrrole nitrogens is 1. The van der Waals surface area contributed by atoms with Crippen LogP contribution in [0.15, 0.2) is 79.0 Å². The number of fused-ring (bicyclic) bond motifs is 1. The Kier molecular flexibility index (Phi) is 4.55. The maximum absolute atomic E-state index is 13.5. The van der Waals surface area contributed by atoms with Gasteiger partial charge in [0, 0.05) is 22.8 Å². The molecule has 2 heterocycles. The molecular weight excluding hydrogens is 372 g/mol. The van der Waals surface area contributed by atoms with E-state index < -0.39 is 0 Å². The Balaban J connectivity index is 1.58. The number of nitrogens with one attached hydrogen (secondary N) is 1. The number of aryl methyl sites for hydroxylation is 1. The Morgan fingerprint density at radius 3 is 2.57 bits per heavy atom.